The van der Waals surface area contributed by atoms with Crippen LogP contribution in [0.15, 0.2) is 18.2 Å². The maximum Gasteiger partial charge on any atom is 0.256 e. The number of nitrogen functional groups attached to an aromatic ring is 1. The highest BCUT2D eigenvalue weighted by atomic mass is 16.3. The number of para-hydroxylation sites is 1. The zero-order valence-corrected chi connectivity index (χ0v) is 9.73. The number of nitrogens with one attached hydrogen (secondary N) is 1. The van der Waals surface area contributed by atoms with Crippen molar-refractivity contribution in [1.29, 1.82) is 0 Å². The molecular weight excluding hydrogens is 216 g/mol. The van der Waals surface area contributed by atoms with Gasteiger partial charge in [-0.25, -0.2) is 0 Å². The van der Waals surface area contributed by atoms with Crippen molar-refractivity contribution in [3.8, 4) is 18.1 Å². The molecule has 4 nitrogen and oxygen atoms in total. The molecule has 4 N–H and O–H groups in total. The lowest BCUT2D eigenvalue weighted by Crippen LogP contribution is -2.33. The zero-order chi connectivity index (χ0) is 12.8. The van der Waals surface area contributed by atoms with Gasteiger partial charge < -0.3 is 16.2 Å². The molecule has 1 atom stereocenters. The van der Waals surface area contributed by atoms with Crippen molar-refractivity contribution in [2.45, 2.75) is 25.8 Å². The molecule has 0 bridgehead atoms. The fraction of sp³-hybridized carbons (Fsp3) is 0.308. The number of amides is 1. The number of aromatic hydroxyl groups is 1. The fourth-order valence-electron chi connectivity index (χ4n) is 1.47. The van der Waals surface area contributed by atoms with Crippen LogP contribution in [-0.4, -0.2) is 17.1 Å². The van der Waals surface area contributed by atoms with Crippen molar-refractivity contribution < 1.29 is 9.90 Å². The summed E-state index contributed by atoms with van der Waals surface area (Å²) in [4.78, 5) is 11.8. The third-order valence-corrected chi connectivity index (χ3v) is 2.40. The second kappa shape index (κ2) is 5.80. The Kier molecular flexibility index (Phi) is 4.41. The Labute approximate surface area is 101 Å². The van der Waals surface area contributed by atoms with Crippen LogP contribution in [0.5, 0.6) is 5.75 Å². The molecule has 0 aliphatic carbocycles. The number of benzene rings is 1. The number of carbonyl (C=O) groups excluding carboxylic acids is 1. The van der Waals surface area contributed by atoms with Crippen molar-refractivity contribution in [2.24, 2.45) is 0 Å². The van der Waals surface area contributed by atoms with E-state index in [-0.39, 0.29) is 23.0 Å². The average Bonchev–Trinajstić information content (AvgIpc) is 2.31. The van der Waals surface area contributed by atoms with Gasteiger partial charge in [-0.05, 0) is 18.6 Å². The van der Waals surface area contributed by atoms with E-state index < -0.39 is 5.91 Å². The molecule has 17 heavy (non-hydrogen) atoms. The number of rotatable bonds is 4. The molecule has 1 rings (SSSR count). The molecule has 0 aromatic heterocycles. The Bertz CT molecular complexity index is 449. The lowest BCUT2D eigenvalue weighted by atomic mass is 10.1. The van der Waals surface area contributed by atoms with Crippen molar-refractivity contribution in [3.05, 3.63) is 23.8 Å². The van der Waals surface area contributed by atoms with Crippen LogP contribution in [0.4, 0.5) is 5.69 Å². The first-order chi connectivity index (χ1) is 8.10. The predicted molar refractivity (Wildman–Crippen MR) is 67.5 cm³/mol. The fourth-order valence-corrected chi connectivity index (χ4v) is 1.47. The Balaban J connectivity index is 2.83. The summed E-state index contributed by atoms with van der Waals surface area (Å²) in [6, 6.07) is 4.31. The van der Waals surface area contributed by atoms with Gasteiger partial charge in [0, 0.05) is 0 Å². The molecule has 1 amide bonds. The lowest BCUT2D eigenvalue weighted by molar-refractivity contribution is 0.0941. The summed E-state index contributed by atoms with van der Waals surface area (Å²) in [6.07, 6.45) is 6.87. The minimum atomic E-state index is -0.411. The van der Waals surface area contributed by atoms with Crippen LogP contribution in [0.2, 0.25) is 0 Å². The maximum atomic E-state index is 11.8. The normalized spacial score (nSPS) is 11.5. The van der Waals surface area contributed by atoms with E-state index in [0.717, 1.165) is 6.42 Å². The molecule has 1 aromatic rings. The standard InChI is InChI=1S/C13H16N2O2/c1-3-6-9(4-2)15-13(17)10-7-5-8-11(14)12(10)16/h2,5,7-9,16H,3,6,14H2,1H3,(H,15,17). The number of hydrogen-bond acceptors (Lipinski definition) is 3. The Morgan fingerprint density at radius 2 is 2.35 bits per heavy atom. The van der Waals surface area contributed by atoms with Crippen LogP contribution in [0.3, 0.4) is 0 Å². The smallest absolute Gasteiger partial charge is 0.256 e. The number of phenolic OH excluding ortho intramolecular Hbond substituents is 1. The van der Waals surface area contributed by atoms with Crippen LogP contribution in [0.25, 0.3) is 0 Å². The van der Waals surface area contributed by atoms with Gasteiger partial charge in [-0.2, -0.15) is 0 Å². The highest BCUT2D eigenvalue weighted by Gasteiger charge is 2.15. The van der Waals surface area contributed by atoms with Gasteiger partial charge in [0.25, 0.3) is 5.91 Å². The molecule has 1 aromatic carbocycles. The molecule has 0 fully saturated rings. The summed E-state index contributed by atoms with van der Waals surface area (Å²) in [6.45, 7) is 1.98. The van der Waals surface area contributed by atoms with E-state index in [4.69, 9.17) is 12.2 Å². The number of hydrogen-bond donors (Lipinski definition) is 3. The summed E-state index contributed by atoms with van der Waals surface area (Å²) in [5.74, 6) is 1.87. The highest BCUT2D eigenvalue weighted by Crippen LogP contribution is 2.24. The van der Waals surface area contributed by atoms with Crippen LogP contribution in [0.1, 0.15) is 30.1 Å². The second-order valence-electron chi connectivity index (χ2n) is 3.72. The SMILES string of the molecule is C#CC(CCC)NC(=O)c1cccc(N)c1O. The van der Waals surface area contributed by atoms with Gasteiger partial charge in [-0.1, -0.05) is 25.3 Å². The number of carbonyl (C=O) groups is 1. The van der Waals surface area contributed by atoms with E-state index in [2.05, 4.69) is 11.2 Å². The molecule has 1 unspecified atom stereocenters. The van der Waals surface area contributed by atoms with E-state index in [1.807, 2.05) is 6.92 Å². The molecule has 90 valence electrons. The first kappa shape index (κ1) is 12.9. The van der Waals surface area contributed by atoms with Crippen LogP contribution < -0.4 is 11.1 Å². The molecule has 0 aliphatic heterocycles. The first-order valence-electron chi connectivity index (χ1n) is 5.44. The summed E-state index contributed by atoms with van der Waals surface area (Å²) >= 11 is 0. The molecule has 0 heterocycles. The Hall–Kier alpha value is -2.15. The van der Waals surface area contributed by atoms with Gasteiger partial charge in [-0.3, -0.25) is 4.79 Å². The molecule has 0 saturated heterocycles. The van der Waals surface area contributed by atoms with E-state index in [1.165, 1.54) is 12.1 Å². The molecule has 0 saturated carbocycles. The van der Waals surface area contributed by atoms with Gasteiger partial charge in [0.15, 0.2) is 5.75 Å². The third kappa shape index (κ3) is 3.15. The Morgan fingerprint density at radius 1 is 1.65 bits per heavy atom. The van der Waals surface area contributed by atoms with Crippen LogP contribution in [-0.2, 0) is 0 Å². The second-order valence-corrected chi connectivity index (χ2v) is 3.72. The van der Waals surface area contributed by atoms with Crippen molar-refractivity contribution in [2.75, 3.05) is 5.73 Å². The van der Waals surface area contributed by atoms with Gasteiger partial charge in [0.1, 0.15) is 0 Å². The minimum absolute atomic E-state index is 0.140. The molecule has 4 heteroatoms. The van der Waals surface area contributed by atoms with Gasteiger partial charge >= 0.3 is 0 Å². The van der Waals surface area contributed by atoms with Crippen LogP contribution in [0, 0.1) is 12.3 Å². The molecule has 0 radical (unpaired) electrons. The number of phenols is 1. The van der Waals surface area contributed by atoms with Crippen molar-refractivity contribution >= 4 is 11.6 Å². The van der Waals surface area contributed by atoms with Crippen LogP contribution >= 0.6 is 0 Å². The van der Waals surface area contributed by atoms with E-state index in [1.54, 1.807) is 6.07 Å². The van der Waals surface area contributed by atoms with E-state index in [9.17, 15) is 9.90 Å². The van der Waals surface area contributed by atoms with Crippen molar-refractivity contribution in [3.63, 3.8) is 0 Å². The zero-order valence-electron chi connectivity index (χ0n) is 9.73. The third-order valence-electron chi connectivity index (χ3n) is 2.40. The Morgan fingerprint density at radius 3 is 2.94 bits per heavy atom. The first-order valence-corrected chi connectivity index (χ1v) is 5.44. The monoisotopic (exact) mass is 232 g/mol. The topological polar surface area (TPSA) is 75.4 Å². The van der Waals surface area contributed by atoms with Gasteiger partial charge in [0.05, 0.1) is 17.3 Å². The molecule has 0 spiro atoms. The van der Waals surface area contributed by atoms with Gasteiger partial charge in [0.2, 0.25) is 0 Å². The average molecular weight is 232 g/mol. The molecule has 0 aliphatic rings. The van der Waals surface area contributed by atoms with Gasteiger partial charge in [-0.15, -0.1) is 6.42 Å². The summed E-state index contributed by atoms with van der Waals surface area (Å²) in [7, 11) is 0. The highest BCUT2D eigenvalue weighted by molar-refractivity contribution is 5.98. The maximum absolute atomic E-state index is 11.8. The summed E-state index contributed by atoms with van der Waals surface area (Å²) in [5, 5.41) is 12.3. The minimum Gasteiger partial charge on any atom is -0.505 e. The number of terminal acetylenes is 1. The largest absolute Gasteiger partial charge is 0.505 e. The van der Waals surface area contributed by atoms with E-state index in [0.29, 0.717) is 6.42 Å². The number of nitrogens with two attached hydrogens (primary N) is 1. The quantitative estimate of drug-likeness (QED) is 0.418. The lowest BCUT2D eigenvalue weighted by Gasteiger charge is -2.13. The number of anilines is 1. The predicted octanol–water partition coefficient (Wildman–Crippen LogP) is 1.51. The molecular formula is C13H16N2O2. The summed E-state index contributed by atoms with van der Waals surface area (Å²) < 4.78 is 0. The van der Waals surface area contributed by atoms with Crippen molar-refractivity contribution in [1.82, 2.24) is 5.32 Å². The van der Waals surface area contributed by atoms with E-state index >= 15 is 0 Å². The summed E-state index contributed by atoms with van der Waals surface area (Å²) in [5.41, 5.74) is 5.82.